The molecule has 14 heavy (non-hydrogen) atoms. The maximum absolute atomic E-state index is 11.8. The molecule has 76 valence electrons. The van der Waals surface area contributed by atoms with Gasteiger partial charge in [-0.3, -0.25) is 4.90 Å². The van der Waals surface area contributed by atoms with E-state index < -0.39 is 0 Å². The van der Waals surface area contributed by atoms with E-state index in [2.05, 4.69) is 13.2 Å². The summed E-state index contributed by atoms with van der Waals surface area (Å²) in [6, 6.07) is 0.00171. The van der Waals surface area contributed by atoms with Crippen molar-refractivity contribution in [2.45, 2.75) is 13.3 Å². The van der Waals surface area contributed by atoms with E-state index in [1.54, 1.807) is 22.1 Å². The highest BCUT2D eigenvalue weighted by atomic mass is 16.2. The summed E-state index contributed by atoms with van der Waals surface area (Å²) in [5, 5.41) is 0. The van der Waals surface area contributed by atoms with Crippen LogP contribution in [0.1, 0.15) is 13.3 Å². The van der Waals surface area contributed by atoms with E-state index in [9.17, 15) is 4.79 Å². The Morgan fingerprint density at radius 3 is 2.71 bits per heavy atom. The molecule has 0 aliphatic carbocycles. The summed E-state index contributed by atoms with van der Waals surface area (Å²) in [6.07, 6.45) is 5.96. The van der Waals surface area contributed by atoms with Crippen LogP contribution in [0.15, 0.2) is 37.2 Å². The second-order valence-electron chi connectivity index (χ2n) is 3.06. The Hall–Kier alpha value is -1.51. The molecule has 1 heterocycles. The Labute approximate surface area is 85.0 Å². The Morgan fingerprint density at radius 1 is 1.50 bits per heavy atom. The van der Waals surface area contributed by atoms with Gasteiger partial charge in [0.05, 0.1) is 0 Å². The highest BCUT2D eigenvalue weighted by molar-refractivity contribution is 5.78. The molecule has 0 atom stereocenters. The molecule has 1 saturated heterocycles. The van der Waals surface area contributed by atoms with E-state index in [1.165, 1.54) is 0 Å². The minimum atomic E-state index is 0.00171. The first-order chi connectivity index (χ1) is 6.74. The quantitative estimate of drug-likeness (QED) is 0.673. The molecular weight excluding hydrogens is 176 g/mol. The third kappa shape index (κ3) is 1.87. The van der Waals surface area contributed by atoms with Gasteiger partial charge in [0.15, 0.2) is 0 Å². The monoisotopic (exact) mass is 192 g/mol. The van der Waals surface area contributed by atoms with Crippen LogP contribution in [-0.2, 0) is 0 Å². The minimum absolute atomic E-state index is 0.00171. The van der Waals surface area contributed by atoms with Crippen molar-refractivity contribution in [3.63, 3.8) is 0 Å². The van der Waals surface area contributed by atoms with Gasteiger partial charge in [0.25, 0.3) is 0 Å². The summed E-state index contributed by atoms with van der Waals surface area (Å²) in [5.41, 5.74) is 0.963. The first-order valence-corrected chi connectivity index (χ1v) is 4.76. The predicted octanol–water partition coefficient (Wildman–Crippen LogP) is 2.35. The fraction of sp³-hybridized carbons (Fsp3) is 0.364. The topological polar surface area (TPSA) is 23.6 Å². The van der Waals surface area contributed by atoms with Gasteiger partial charge in [-0.2, -0.15) is 0 Å². The molecule has 0 aromatic rings. The summed E-state index contributed by atoms with van der Waals surface area (Å²) < 4.78 is 0. The maximum atomic E-state index is 11.8. The number of hydrogen-bond acceptors (Lipinski definition) is 1. The number of carbonyl (C=O) groups excluding carboxylic acids is 1. The zero-order chi connectivity index (χ0) is 10.6. The third-order valence-corrected chi connectivity index (χ3v) is 2.30. The number of hydrogen-bond donors (Lipinski definition) is 0. The summed E-state index contributed by atoms with van der Waals surface area (Å²) in [5.74, 6) is 0. The molecule has 3 heteroatoms. The van der Waals surface area contributed by atoms with Crippen LogP contribution in [0.3, 0.4) is 0 Å². The van der Waals surface area contributed by atoms with Crippen molar-refractivity contribution in [1.82, 2.24) is 9.80 Å². The first kappa shape index (κ1) is 10.6. The van der Waals surface area contributed by atoms with E-state index in [4.69, 9.17) is 0 Å². The highest BCUT2D eigenvalue weighted by Crippen LogP contribution is 2.19. The van der Waals surface area contributed by atoms with Gasteiger partial charge in [0.1, 0.15) is 0 Å². The lowest BCUT2D eigenvalue weighted by molar-refractivity contribution is 0.166. The van der Waals surface area contributed by atoms with E-state index in [0.717, 1.165) is 25.2 Å². The Balaban J connectivity index is 2.88. The van der Waals surface area contributed by atoms with Crippen LogP contribution >= 0.6 is 0 Å². The maximum Gasteiger partial charge on any atom is 0.328 e. The predicted molar refractivity (Wildman–Crippen MR) is 57.6 cm³/mol. The van der Waals surface area contributed by atoms with Crippen LogP contribution in [-0.4, -0.2) is 28.9 Å². The highest BCUT2D eigenvalue weighted by Gasteiger charge is 2.25. The van der Waals surface area contributed by atoms with E-state index in [-0.39, 0.29) is 6.03 Å². The van der Waals surface area contributed by atoms with Crippen molar-refractivity contribution < 1.29 is 4.79 Å². The molecule has 0 saturated carbocycles. The molecule has 0 bridgehead atoms. The molecule has 3 nitrogen and oxygen atoms in total. The van der Waals surface area contributed by atoms with Gasteiger partial charge in [-0.15, -0.1) is 0 Å². The van der Waals surface area contributed by atoms with Crippen LogP contribution in [0, 0.1) is 0 Å². The number of amides is 2. The average molecular weight is 192 g/mol. The SMILES string of the molecule is C=C/C=C1/CCN(CC)C(=O)N1C=C. The lowest BCUT2D eigenvalue weighted by atomic mass is 10.2. The molecule has 2 amide bonds. The van der Waals surface area contributed by atoms with E-state index in [1.807, 2.05) is 13.0 Å². The van der Waals surface area contributed by atoms with E-state index >= 15 is 0 Å². The van der Waals surface area contributed by atoms with Gasteiger partial charge in [0, 0.05) is 31.4 Å². The zero-order valence-corrected chi connectivity index (χ0v) is 8.57. The second kappa shape index (κ2) is 4.65. The van der Waals surface area contributed by atoms with Crippen LogP contribution in [0.4, 0.5) is 4.79 Å². The molecular formula is C11H16N2O. The van der Waals surface area contributed by atoms with Gasteiger partial charge in [0.2, 0.25) is 0 Å². The molecule has 1 aliphatic rings. The van der Waals surface area contributed by atoms with Crippen molar-refractivity contribution in [3.05, 3.63) is 37.2 Å². The third-order valence-electron chi connectivity index (χ3n) is 2.30. The molecule has 1 rings (SSSR count). The van der Waals surface area contributed by atoms with Crippen LogP contribution in [0.25, 0.3) is 0 Å². The fourth-order valence-corrected chi connectivity index (χ4v) is 1.53. The Kier molecular flexibility index (Phi) is 3.51. The van der Waals surface area contributed by atoms with Gasteiger partial charge in [-0.25, -0.2) is 4.79 Å². The second-order valence-corrected chi connectivity index (χ2v) is 3.06. The summed E-state index contributed by atoms with van der Waals surface area (Å²) in [6.45, 7) is 10.8. The van der Waals surface area contributed by atoms with Crippen molar-refractivity contribution in [2.24, 2.45) is 0 Å². The largest absolute Gasteiger partial charge is 0.328 e. The first-order valence-electron chi connectivity index (χ1n) is 4.76. The lowest BCUT2D eigenvalue weighted by Gasteiger charge is -2.34. The fourth-order valence-electron chi connectivity index (χ4n) is 1.53. The number of allylic oxidation sites excluding steroid dienone is 2. The Morgan fingerprint density at radius 2 is 2.21 bits per heavy atom. The summed E-state index contributed by atoms with van der Waals surface area (Å²) in [7, 11) is 0. The molecule has 0 spiro atoms. The molecule has 0 N–H and O–H groups in total. The summed E-state index contributed by atoms with van der Waals surface area (Å²) in [4.78, 5) is 15.2. The van der Waals surface area contributed by atoms with Crippen molar-refractivity contribution in [3.8, 4) is 0 Å². The average Bonchev–Trinajstić information content (AvgIpc) is 2.19. The van der Waals surface area contributed by atoms with Gasteiger partial charge in [-0.1, -0.05) is 19.2 Å². The number of rotatable bonds is 3. The number of nitrogens with zero attached hydrogens (tertiary/aromatic N) is 2. The number of urea groups is 1. The molecule has 0 radical (unpaired) electrons. The molecule has 1 aliphatic heterocycles. The Bertz CT molecular complexity index is 281. The van der Waals surface area contributed by atoms with Gasteiger partial charge < -0.3 is 4.90 Å². The molecule has 0 aromatic carbocycles. The van der Waals surface area contributed by atoms with Crippen LogP contribution in [0.5, 0.6) is 0 Å². The lowest BCUT2D eigenvalue weighted by Crippen LogP contribution is -2.45. The van der Waals surface area contributed by atoms with Crippen LogP contribution < -0.4 is 0 Å². The summed E-state index contributed by atoms with van der Waals surface area (Å²) >= 11 is 0. The van der Waals surface area contributed by atoms with E-state index in [0.29, 0.717) is 0 Å². The number of carbonyl (C=O) groups is 1. The molecule has 0 aromatic heterocycles. The van der Waals surface area contributed by atoms with Crippen LogP contribution in [0.2, 0.25) is 0 Å². The van der Waals surface area contributed by atoms with Crippen molar-refractivity contribution >= 4 is 6.03 Å². The van der Waals surface area contributed by atoms with Gasteiger partial charge >= 0.3 is 6.03 Å². The molecule has 0 unspecified atom stereocenters. The van der Waals surface area contributed by atoms with Gasteiger partial charge in [-0.05, 0) is 13.0 Å². The minimum Gasteiger partial charge on any atom is -0.324 e. The smallest absolute Gasteiger partial charge is 0.324 e. The zero-order valence-electron chi connectivity index (χ0n) is 8.57. The van der Waals surface area contributed by atoms with Crippen molar-refractivity contribution in [1.29, 1.82) is 0 Å². The molecule has 1 fully saturated rings. The standard InChI is InChI=1S/C11H16N2O/c1-4-7-10-8-9-12(5-2)11(14)13(10)6-3/h4,6-7H,1,3,5,8-9H2,2H3/b10-7-. The normalized spacial score (nSPS) is 20.1. The van der Waals surface area contributed by atoms with Crippen molar-refractivity contribution in [2.75, 3.05) is 13.1 Å².